The van der Waals surface area contributed by atoms with Gasteiger partial charge in [-0.1, -0.05) is 44.1 Å². The number of halogens is 1. The van der Waals surface area contributed by atoms with Crippen molar-refractivity contribution in [1.82, 2.24) is 9.21 Å². The Bertz CT molecular complexity index is 1360. The first-order chi connectivity index (χ1) is 19.1. The van der Waals surface area contributed by atoms with Gasteiger partial charge in [-0.2, -0.15) is 4.31 Å². The molecule has 0 spiro atoms. The van der Waals surface area contributed by atoms with Gasteiger partial charge in [-0.15, -0.1) is 0 Å². The smallest absolute Gasteiger partial charge is 0.247 e. The van der Waals surface area contributed by atoms with Gasteiger partial charge >= 0.3 is 0 Å². The molecule has 2 aromatic rings. The van der Waals surface area contributed by atoms with Crippen LogP contribution in [0.5, 0.6) is 5.75 Å². The molecule has 1 heterocycles. The van der Waals surface area contributed by atoms with Crippen LogP contribution in [0.15, 0.2) is 47.4 Å². The fraction of sp³-hybridized carbons (Fsp3) is 0.516. The Morgan fingerprint density at radius 2 is 1.85 bits per heavy atom. The highest BCUT2D eigenvalue weighted by Gasteiger charge is 2.38. The van der Waals surface area contributed by atoms with E-state index in [1.165, 1.54) is 41.8 Å². The van der Waals surface area contributed by atoms with Gasteiger partial charge in [0.05, 0.1) is 13.2 Å². The molecular formula is C31H39FN2O5S. The lowest BCUT2D eigenvalue weighted by molar-refractivity contribution is -0.132. The minimum atomic E-state index is -3.99. The molecule has 1 amide bonds. The molecule has 4 rings (SSSR count). The Hall–Kier alpha value is -2.93. The summed E-state index contributed by atoms with van der Waals surface area (Å²) < 4.78 is 48.7. The van der Waals surface area contributed by atoms with E-state index in [0.717, 1.165) is 12.8 Å². The fourth-order valence-electron chi connectivity index (χ4n) is 5.40. The summed E-state index contributed by atoms with van der Waals surface area (Å²) in [5, 5.41) is 9.86. The van der Waals surface area contributed by atoms with Crippen LogP contribution >= 0.6 is 0 Å². The molecule has 9 heteroatoms. The molecule has 7 nitrogen and oxygen atoms in total. The van der Waals surface area contributed by atoms with E-state index in [9.17, 15) is 22.7 Å². The molecule has 0 aromatic heterocycles. The van der Waals surface area contributed by atoms with Crippen LogP contribution in [-0.4, -0.2) is 67.5 Å². The van der Waals surface area contributed by atoms with Gasteiger partial charge in [0, 0.05) is 43.1 Å². The summed E-state index contributed by atoms with van der Waals surface area (Å²) in [5.74, 6) is 5.82. The van der Waals surface area contributed by atoms with Crippen LogP contribution in [0.25, 0.3) is 0 Å². The first-order valence-electron chi connectivity index (χ1n) is 14.0. The van der Waals surface area contributed by atoms with Gasteiger partial charge in [-0.05, 0) is 62.1 Å². The molecule has 3 atom stereocenters. The minimum Gasteiger partial charge on any atom is -0.487 e. The third kappa shape index (κ3) is 7.22. The number of benzene rings is 2. The molecule has 0 unspecified atom stereocenters. The maximum Gasteiger partial charge on any atom is 0.247 e. The lowest BCUT2D eigenvalue weighted by Gasteiger charge is -2.37. The number of nitrogens with zero attached hydrogens (tertiary/aromatic N) is 2. The molecule has 40 heavy (non-hydrogen) atoms. The van der Waals surface area contributed by atoms with Gasteiger partial charge < -0.3 is 14.7 Å². The molecule has 0 bridgehead atoms. The van der Waals surface area contributed by atoms with Crippen molar-refractivity contribution in [2.75, 3.05) is 26.7 Å². The van der Waals surface area contributed by atoms with Crippen molar-refractivity contribution in [3.63, 3.8) is 0 Å². The van der Waals surface area contributed by atoms with Crippen molar-refractivity contribution in [2.24, 2.45) is 11.8 Å². The van der Waals surface area contributed by atoms with Crippen molar-refractivity contribution in [3.8, 4) is 17.6 Å². The average Bonchev–Trinajstić information content (AvgIpc) is 2.93. The predicted octanol–water partition coefficient (Wildman–Crippen LogP) is 4.42. The van der Waals surface area contributed by atoms with Gasteiger partial charge in [-0.25, -0.2) is 12.8 Å². The Balaban J connectivity index is 1.65. The first-order valence-corrected chi connectivity index (χ1v) is 15.5. The van der Waals surface area contributed by atoms with Gasteiger partial charge in [0.2, 0.25) is 15.9 Å². The van der Waals surface area contributed by atoms with E-state index in [2.05, 4.69) is 11.8 Å². The topological polar surface area (TPSA) is 87.2 Å². The fourth-order valence-corrected chi connectivity index (χ4v) is 7.22. The number of carbonyl (C=O) groups excluding carboxylic acids is 1. The van der Waals surface area contributed by atoms with Crippen LogP contribution in [0.4, 0.5) is 4.39 Å². The molecule has 216 valence electrons. The summed E-state index contributed by atoms with van der Waals surface area (Å²) in [6.07, 6.45) is 5.74. The van der Waals surface area contributed by atoms with Crippen LogP contribution in [-0.2, 0) is 14.8 Å². The standard InChI is InChI=1S/C31H39FN2O5S/c1-22-19-34(23(2)21-35)40(37,38)30-15-14-26(13-12-25-10-7-11-27(32)16-25)17-28(30)39-29(22)20-33(3)31(36)18-24-8-5-4-6-9-24/h7,10-11,14-17,22-24,29,35H,4-6,8-9,18-21H2,1-3H3/t22-,23+,29+/m1/s1. The second-order valence-electron chi connectivity index (χ2n) is 11.1. The van der Waals surface area contributed by atoms with Crippen LogP contribution in [0.1, 0.15) is 63.5 Å². The highest BCUT2D eigenvalue weighted by Crippen LogP contribution is 2.34. The SMILES string of the molecule is C[C@@H]1CN([C@@H](C)CO)S(=O)(=O)c2ccc(C#Cc3cccc(F)c3)cc2O[C@H]1CN(C)C(=O)CC1CCCCC1. The second-order valence-corrected chi connectivity index (χ2v) is 13.0. The van der Waals surface area contributed by atoms with Crippen LogP contribution < -0.4 is 4.74 Å². The Morgan fingerprint density at radius 3 is 2.52 bits per heavy atom. The number of rotatable bonds is 6. The molecule has 1 saturated carbocycles. The number of amides is 1. The third-order valence-electron chi connectivity index (χ3n) is 7.91. The molecule has 2 aromatic carbocycles. The van der Waals surface area contributed by atoms with E-state index in [-0.39, 0.29) is 35.6 Å². The van der Waals surface area contributed by atoms with Crippen molar-refractivity contribution >= 4 is 15.9 Å². The summed E-state index contributed by atoms with van der Waals surface area (Å²) in [5.41, 5.74) is 1.00. The molecule has 1 aliphatic heterocycles. The van der Waals surface area contributed by atoms with Gasteiger partial charge in [0.25, 0.3) is 0 Å². The van der Waals surface area contributed by atoms with Crippen LogP contribution in [0.2, 0.25) is 0 Å². The lowest BCUT2D eigenvalue weighted by Crippen LogP contribution is -2.50. The van der Waals surface area contributed by atoms with Crippen molar-refractivity contribution < 1.29 is 27.4 Å². The maximum atomic E-state index is 13.7. The normalized spacial score (nSPS) is 22.0. The summed E-state index contributed by atoms with van der Waals surface area (Å²) >= 11 is 0. The molecule has 1 aliphatic carbocycles. The zero-order valence-electron chi connectivity index (χ0n) is 23.5. The summed E-state index contributed by atoms with van der Waals surface area (Å²) in [7, 11) is -2.22. The zero-order valence-corrected chi connectivity index (χ0v) is 24.3. The highest BCUT2D eigenvalue weighted by molar-refractivity contribution is 7.89. The molecule has 0 radical (unpaired) electrons. The maximum absolute atomic E-state index is 13.7. The second kappa shape index (κ2) is 13.2. The molecular weight excluding hydrogens is 531 g/mol. The molecule has 0 saturated heterocycles. The van der Waals surface area contributed by atoms with Gasteiger partial charge in [0.15, 0.2) is 0 Å². The average molecular weight is 571 g/mol. The number of hydrogen-bond donors (Lipinski definition) is 1. The number of ether oxygens (including phenoxy) is 1. The number of likely N-dealkylation sites (N-methyl/N-ethyl adjacent to an activating group) is 1. The van der Waals surface area contributed by atoms with Gasteiger partial charge in [0.1, 0.15) is 22.6 Å². The third-order valence-corrected chi connectivity index (χ3v) is 9.93. The van der Waals surface area contributed by atoms with E-state index in [4.69, 9.17) is 4.74 Å². The van der Waals surface area contributed by atoms with E-state index < -0.39 is 28.0 Å². The number of carbonyl (C=O) groups is 1. The Kier molecular flexibility index (Phi) is 9.88. The first kappa shape index (κ1) is 30.0. The van der Waals surface area contributed by atoms with Crippen LogP contribution in [0.3, 0.4) is 0 Å². The van der Waals surface area contributed by atoms with E-state index in [1.807, 2.05) is 6.92 Å². The van der Waals surface area contributed by atoms with E-state index in [1.54, 1.807) is 43.1 Å². The van der Waals surface area contributed by atoms with E-state index >= 15 is 0 Å². The monoisotopic (exact) mass is 570 g/mol. The molecule has 1 N–H and O–H groups in total. The minimum absolute atomic E-state index is 0.0165. The number of aliphatic hydroxyl groups excluding tert-OH is 1. The summed E-state index contributed by atoms with van der Waals surface area (Å²) in [6.45, 7) is 3.67. The summed E-state index contributed by atoms with van der Waals surface area (Å²) in [4.78, 5) is 14.8. The number of aliphatic hydroxyl groups is 1. The summed E-state index contributed by atoms with van der Waals surface area (Å²) in [6, 6.07) is 9.92. The largest absolute Gasteiger partial charge is 0.487 e. The Morgan fingerprint density at radius 1 is 1.15 bits per heavy atom. The number of fused-ring (bicyclic) bond motifs is 1. The van der Waals surface area contributed by atoms with Crippen molar-refractivity contribution in [3.05, 3.63) is 59.4 Å². The van der Waals surface area contributed by atoms with Crippen molar-refractivity contribution in [1.29, 1.82) is 0 Å². The predicted molar refractivity (Wildman–Crippen MR) is 152 cm³/mol. The number of sulfonamides is 1. The highest BCUT2D eigenvalue weighted by atomic mass is 32.2. The van der Waals surface area contributed by atoms with Crippen LogP contribution in [0, 0.1) is 29.5 Å². The van der Waals surface area contributed by atoms with Gasteiger partial charge in [-0.3, -0.25) is 4.79 Å². The number of hydrogen-bond acceptors (Lipinski definition) is 5. The quantitative estimate of drug-likeness (QED) is 0.520. The molecule has 1 fully saturated rings. The van der Waals surface area contributed by atoms with E-state index in [0.29, 0.717) is 30.0 Å². The lowest BCUT2D eigenvalue weighted by atomic mass is 9.86. The Labute approximate surface area is 237 Å². The molecule has 2 aliphatic rings. The van der Waals surface area contributed by atoms with Crippen molar-refractivity contribution in [2.45, 2.75) is 69.4 Å². The zero-order chi connectivity index (χ0) is 28.9.